The van der Waals surface area contributed by atoms with E-state index in [9.17, 15) is 50.4 Å². The van der Waals surface area contributed by atoms with Crippen LogP contribution < -0.4 is 20.9 Å². The molecule has 5 aliphatic rings. The Morgan fingerprint density at radius 3 is 2.45 bits per heavy atom. The fraction of sp³-hybridized carbons (Fsp3) is 0.379. The van der Waals surface area contributed by atoms with Crippen LogP contribution in [0.2, 0.25) is 0 Å². The molecule has 6 atom stereocenters. The monoisotopic (exact) mass is 610 g/mol. The number of imide groups is 1. The molecule has 1 aromatic carbocycles. The molecule has 1 fully saturated rings. The second-order valence-electron chi connectivity index (χ2n) is 11.3. The number of rotatable bonds is 6. The van der Waals surface area contributed by atoms with Crippen molar-refractivity contribution in [3.63, 3.8) is 0 Å². The number of carbonyl (C=O) groups excluding carboxylic acids is 2. The highest BCUT2D eigenvalue weighted by Crippen LogP contribution is 2.44. The summed E-state index contributed by atoms with van der Waals surface area (Å²) in [5.41, 5.74) is 4.01. The second kappa shape index (κ2) is 10.3. The molecule has 1 aromatic heterocycles. The van der Waals surface area contributed by atoms with Gasteiger partial charge in [0.25, 0.3) is 11.8 Å². The Labute approximate surface area is 247 Å². The highest BCUT2D eigenvalue weighted by Gasteiger charge is 2.53. The average molecular weight is 611 g/mol. The average Bonchev–Trinajstić information content (AvgIpc) is 3.63. The van der Waals surface area contributed by atoms with Crippen LogP contribution in [-0.2, 0) is 11.2 Å². The summed E-state index contributed by atoms with van der Waals surface area (Å²) in [4.78, 5) is 32.8. The number of nitrogens with one attached hydrogen (secondary N) is 2. The predicted molar refractivity (Wildman–Crippen MR) is 151 cm³/mol. The molecule has 4 heterocycles. The van der Waals surface area contributed by atoms with Gasteiger partial charge in [-0.25, -0.2) is 10.4 Å². The molecule has 1 saturated heterocycles. The van der Waals surface area contributed by atoms with Crippen molar-refractivity contribution in [1.29, 1.82) is 0 Å². The van der Waals surface area contributed by atoms with Crippen molar-refractivity contribution in [1.82, 2.24) is 15.4 Å². The number of anilines is 1. The van der Waals surface area contributed by atoms with Crippen molar-refractivity contribution in [3.8, 4) is 0 Å². The summed E-state index contributed by atoms with van der Waals surface area (Å²) in [7, 11) is 0. The van der Waals surface area contributed by atoms with Gasteiger partial charge in [-0.1, -0.05) is 12.2 Å². The summed E-state index contributed by atoms with van der Waals surface area (Å²) in [6, 6.07) is -2.13. The fourth-order valence-electron chi connectivity index (χ4n) is 6.80. The Morgan fingerprint density at radius 2 is 1.75 bits per heavy atom. The van der Waals surface area contributed by atoms with E-state index in [1.54, 1.807) is 12.2 Å². The molecule has 15 heteroatoms. The number of amides is 2. The summed E-state index contributed by atoms with van der Waals surface area (Å²) in [6.07, 6.45) is -0.197. The molecule has 6 unspecified atom stereocenters. The van der Waals surface area contributed by atoms with Gasteiger partial charge in [-0.15, -0.1) is 0 Å². The third-order valence-electron chi connectivity index (χ3n) is 8.84. The number of aliphatic hydroxyl groups excluding tert-OH is 8. The molecule has 2 aliphatic carbocycles. The van der Waals surface area contributed by atoms with Crippen molar-refractivity contribution in [2.75, 3.05) is 24.7 Å². The Bertz CT molecular complexity index is 1820. The van der Waals surface area contributed by atoms with E-state index in [0.717, 1.165) is 5.01 Å². The number of hydrogen-bond acceptors (Lipinski definition) is 13. The van der Waals surface area contributed by atoms with Gasteiger partial charge < -0.3 is 55.5 Å². The third-order valence-corrected chi connectivity index (χ3v) is 8.84. The number of aromatic nitrogens is 1. The summed E-state index contributed by atoms with van der Waals surface area (Å²) < 4.78 is 5.94. The van der Waals surface area contributed by atoms with Gasteiger partial charge in [-0.05, 0) is 29.7 Å². The molecule has 10 N–H and O–H groups in total. The van der Waals surface area contributed by atoms with Crippen molar-refractivity contribution >= 4 is 40.1 Å². The minimum atomic E-state index is -1.76. The number of carbonyl (C=O) groups is 2. The topological polar surface area (TPSA) is 240 Å². The van der Waals surface area contributed by atoms with E-state index in [4.69, 9.17) is 4.74 Å². The van der Waals surface area contributed by atoms with Gasteiger partial charge >= 0.3 is 0 Å². The van der Waals surface area contributed by atoms with E-state index >= 15 is 0 Å². The highest BCUT2D eigenvalue weighted by molar-refractivity contribution is 6.29. The van der Waals surface area contributed by atoms with E-state index in [2.05, 4.69) is 10.4 Å². The van der Waals surface area contributed by atoms with E-state index in [-0.39, 0.29) is 40.0 Å². The predicted octanol–water partition coefficient (Wildman–Crippen LogP) is -3.45. The Morgan fingerprint density at radius 1 is 1.02 bits per heavy atom. The van der Waals surface area contributed by atoms with Crippen LogP contribution in [-0.4, -0.2) is 125 Å². The Kier molecular flexibility index (Phi) is 6.69. The van der Waals surface area contributed by atoms with E-state index in [1.807, 2.05) is 0 Å². The number of fused-ring (bicyclic) bond motifs is 9. The van der Waals surface area contributed by atoms with Crippen molar-refractivity contribution in [2.45, 2.75) is 49.1 Å². The maximum Gasteiger partial charge on any atom is 0.276 e. The van der Waals surface area contributed by atoms with E-state index < -0.39 is 74.4 Å². The minimum Gasteiger partial charge on any atom is -0.510 e. The molecule has 15 nitrogen and oxygen atoms in total. The quantitative estimate of drug-likeness (QED) is 0.143. The number of ether oxygens (including phenoxy) is 1. The van der Waals surface area contributed by atoms with Crippen LogP contribution in [0.3, 0.4) is 0 Å². The van der Waals surface area contributed by atoms with E-state index in [1.165, 1.54) is 23.1 Å². The second-order valence-corrected chi connectivity index (χ2v) is 11.3. The van der Waals surface area contributed by atoms with Crippen molar-refractivity contribution in [3.05, 3.63) is 63.1 Å². The number of H-pyrrole nitrogens is 1. The SMILES string of the molecule is O=C1c2c(c3c4c([nH]c3c3c2=C2C=CC=C(O)C2N3C2OC(CO)C(O)C(O)C2O)=CC(O)=CC4)C(=O)N1NC(CO)CO. The molecular weight excluding hydrogens is 580 g/mol. The van der Waals surface area contributed by atoms with Gasteiger partial charge in [0.1, 0.15) is 42.0 Å². The lowest BCUT2D eigenvalue weighted by Crippen LogP contribution is -2.64. The molecule has 232 valence electrons. The molecule has 44 heavy (non-hydrogen) atoms. The van der Waals surface area contributed by atoms with Gasteiger partial charge in [0.15, 0.2) is 6.23 Å². The molecule has 0 saturated carbocycles. The minimum absolute atomic E-state index is 0.0101. The molecule has 0 spiro atoms. The highest BCUT2D eigenvalue weighted by atomic mass is 16.6. The number of nitrogens with zero attached hydrogens (tertiary/aromatic N) is 2. The van der Waals surface area contributed by atoms with Crippen molar-refractivity contribution in [2.24, 2.45) is 0 Å². The van der Waals surface area contributed by atoms with Crippen LogP contribution >= 0.6 is 0 Å². The third kappa shape index (κ3) is 3.79. The summed E-state index contributed by atoms with van der Waals surface area (Å²) in [6.45, 7) is -1.87. The van der Waals surface area contributed by atoms with Crippen LogP contribution in [0.1, 0.15) is 26.3 Å². The summed E-state index contributed by atoms with van der Waals surface area (Å²) in [5.74, 6) is -1.80. The van der Waals surface area contributed by atoms with Gasteiger partial charge in [0.05, 0.1) is 48.2 Å². The van der Waals surface area contributed by atoms with Crippen LogP contribution in [0.25, 0.3) is 22.6 Å². The van der Waals surface area contributed by atoms with Crippen LogP contribution in [0, 0.1) is 0 Å². The zero-order valence-corrected chi connectivity index (χ0v) is 23.0. The normalized spacial score (nSPS) is 29.1. The van der Waals surface area contributed by atoms with Crippen LogP contribution in [0.5, 0.6) is 0 Å². The molecule has 7 rings (SSSR count). The van der Waals surface area contributed by atoms with Gasteiger partial charge in [-0.2, -0.15) is 0 Å². The zero-order chi connectivity index (χ0) is 31.2. The Hall–Kier alpha value is -4.06. The summed E-state index contributed by atoms with van der Waals surface area (Å²) in [5, 5.41) is 84.8. The van der Waals surface area contributed by atoms with Crippen LogP contribution in [0.4, 0.5) is 5.69 Å². The largest absolute Gasteiger partial charge is 0.510 e. The summed E-state index contributed by atoms with van der Waals surface area (Å²) >= 11 is 0. The lowest BCUT2D eigenvalue weighted by atomic mass is 9.93. The van der Waals surface area contributed by atoms with E-state index in [0.29, 0.717) is 27.4 Å². The maximum absolute atomic E-state index is 14.1. The first-order chi connectivity index (χ1) is 21.1. The molecule has 2 amide bonds. The van der Waals surface area contributed by atoms with Crippen molar-refractivity contribution < 1.29 is 55.2 Å². The maximum atomic E-state index is 14.1. The fourth-order valence-corrected chi connectivity index (χ4v) is 6.80. The van der Waals surface area contributed by atoms with Gasteiger partial charge in [0.2, 0.25) is 0 Å². The lowest BCUT2D eigenvalue weighted by molar-refractivity contribution is -0.229. The molecule has 3 aliphatic heterocycles. The molecule has 2 aromatic rings. The number of allylic oxidation sites excluding steroid dienone is 4. The Balaban J connectivity index is 1.56. The number of aromatic amines is 1. The zero-order valence-electron chi connectivity index (χ0n) is 23.0. The first kappa shape index (κ1) is 28.7. The number of hydrazine groups is 1. The lowest BCUT2D eigenvalue weighted by Gasteiger charge is -2.46. The van der Waals surface area contributed by atoms with Gasteiger partial charge in [-0.3, -0.25) is 9.59 Å². The number of benzene rings is 1. The first-order valence-electron chi connectivity index (χ1n) is 14.0. The van der Waals surface area contributed by atoms with Crippen LogP contribution in [0.15, 0.2) is 35.8 Å². The molecular formula is C29H30N4O11. The number of aliphatic hydroxyl groups is 8. The molecule has 0 bridgehead atoms. The first-order valence-corrected chi connectivity index (χ1v) is 14.0. The van der Waals surface area contributed by atoms with Gasteiger partial charge in [0, 0.05) is 22.0 Å². The smallest absolute Gasteiger partial charge is 0.276 e. The standard InChI is InChI=1S/C29H30N4O11/c34-7-10(8-35)31-33-27(42)19-17-12-5-4-11(37)6-14(12)30-21(17)23-18(20(19)28(33)43)13-2-1-3-15(38)22(13)32(23)29-26(41)25(40)24(39)16(9-36)44-29/h1-4,6,10,16,22,24-26,29-31,34-41H,5,7-9H2. The number of hydrogen-bond donors (Lipinski definition) is 10. The molecule has 0 radical (unpaired) electrons.